The van der Waals surface area contributed by atoms with E-state index in [0.29, 0.717) is 5.56 Å². The lowest BCUT2D eigenvalue weighted by molar-refractivity contribution is -0.385. The summed E-state index contributed by atoms with van der Waals surface area (Å²) in [5.74, 6) is 0.111. The molecular formula is C16H23N3O3. The third-order valence-electron chi connectivity index (χ3n) is 4.11. The van der Waals surface area contributed by atoms with Crippen LogP contribution in [0.3, 0.4) is 0 Å². The van der Waals surface area contributed by atoms with E-state index in [2.05, 4.69) is 10.2 Å². The summed E-state index contributed by atoms with van der Waals surface area (Å²) in [5.41, 5.74) is 1.84. The van der Waals surface area contributed by atoms with Crippen LogP contribution in [-0.2, 0) is 4.79 Å². The monoisotopic (exact) mass is 305 g/mol. The number of nitro benzene ring substituents is 1. The number of amides is 1. The number of hydrogen-bond donors (Lipinski definition) is 1. The summed E-state index contributed by atoms with van der Waals surface area (Å²) in [6, 6.07) is 5.46. The fourth-order valence-electron chi connectivity index (χ4n) is 2.69. The van der Waals surface area contributed by atoms with Gasteiger partial charge >= 0.3 is 0 Å². The predicted molar refractivity (Wildman–Crippen MR) is 86.0 cm³/mol. The van der Waals surface area contributed by atoms with Crippen LogP contribution in [0.5, 0.6) is 0 Å². The molecule has 1 N–H and O–H groups in total. The topological polar surface area (TPSA) is 75.5 Å². The van der Waals surface area contributed by atoms with Gasteiger partial charge in [0.2, 0.25) is 5.91 Å². The average Bonchev–Trinajstić information content (AvgIpc) is 2.47. The Hall–Kier alpha value is -2.11. The fraction of sp³-hybridized carbons (Fsp3) is 0.562. The minimum absolute atomic E-state index is 0.00958. The van der Waals surface area contributed by atoms with Crippen LogP contribution in [0.2, 0.25) is 0 Å². The van der Waals surface area contributed by atoms with Gasteiger partial charge in [0.05, 0.1) is 4.92 Å². The van der Waals surface area contributed by atoms with Crippen molar-refractivity contribution in [3.8, 4) is 0 Å². The molecule has 0 saturated carbocycles. The van der Waals surface area contributed by atoms with E-state index in [1.165, 1.54) is 0 Å². The molecule has 6 heteroatoms. The summed E-state index contributed by atoms with van der Waals surface area (Å²) in [6.45, 7) is 7.24. The van der Waals surface area contributed by atoms with Crippen LogP contribution in [0.15, 0.2) is 18.2 Å². The Bertz CT molecular complexity index is 564. The first-order valence-electron chi connectivity index (χ1n) is 7.69. The first-order chi connectivity index (χ1) is 10.4. The normalized spacial score (nSPS) is 15.9. The van der Waals surface area contributed by atoms with Gasteiger partial charge in [-0.1, -0.05) is 13.8 Å². The van der Waals surface area contributed by atoms with Crippen LogP contribution in [0.1, 0.15) is 32.3 Å². The molecule has 1 fully saturated rings. The standard InChI is InChI=1S/C16H23N3O3/c1-11(2)16(20)17-13-6-8-18(9-7-13)14-4-5-15(19(21)22)12(3)10-14/h4-5,10-11,13H,6-9H2,1-3H3,(H,17,20). The molecule has 0 aliphatic carbocycles. The molecule has 0 aromatic heterocycles. The number of rotatable bonds is 4. The number of anilines is 1. The number of carbonyl (C=O) groups is 1. The maximum absolute atomic E-state index is 11.7. The molecule has 1 aliphatic heterocycles. The highest BCUT2D eigenvalue weighted by molar-refractivity contribution is 5.78. The lowest BCUT2D eigenvalue weighted by Gasteiger charge is -2.34. The molecule has 0 atom stereocenters. The second-order valence-corrected chi connectivity index (χ2v) is 6.15. The molecule has 1 aromatic carbocycles. The van der Waals surface area contributed by atoms with Crippen LogP contribution in [0.25, 0.3) is 0 Å². The van der Waals surface area contributed by atoms with Gasteiger partial charge in [-0.2, -0.15) is 0 Å². The molecule has 0 radical (unpaired) electrons. The highest BCUT2D eigenvalue weighted by atomic mass is 16.6. The SMILES string of the molecule is Cc1cc(N2CCC(NC(=O)C(C)C)CC2)ccc1[N+](=O)[O-]. The van der Waals surface area contributed by atoms with Gasteiger partial charge in [0.1, 0.15) is 0 Å². The Labute approximate surface area is 130 Å². The Morgan fingerprint density at radius 2 is 2.00 bits per heavy atom. The number of benzene rings is 1. The molecule has 6 nitrogen and oxygen atoms in total. The molecule has 1 amide bonds. The lowest BCUT2D eigenvalue weighted by Crippen LogP contribution is -2.45. The van der Waals surface area contributed by atoms with E-state index in [4.69, 9.17) is 0 Å². The second kappa shape index (κ2) is 6.77. The van der Waals surface area contributed by atoms with Gasteiger partial charge in [0, 0.05) is 42.4 Å². The molecule has 22 heavy (non-hydrogen) atoms. The Morgan fingerprint density at radius 3 is 2.50 bits per heavy atom. The van der Waals surface area contributed by atoms with Gasteiger partial charge in [-0.05, 0) is 31.9 Å². The minimum Gasteiger partial charge on any atom is -0.371 e. The maximum atomic E-state index is 11.7. The number of aryl methyl sites for hydroxylation is 1. The van der Waals surface area contributed by atoms with Crippen LogP contribution in [0, 0.1) is 23.0 Å². The van der Waals surface area contributed by atoms with Crippen LogP contribution >= 0.6 is 0 Å². The molecule has 1 saturated heterocycles. The number of nitro groups is 1. The maximum Gasteiger partial charge on any atom is 0.272 e. The van der Waals surface area contributed by atoms with Gasteiger partial charge in [0.15, 0.2) is 0 Å². The lowest BCUT2D eigenvalue weighted by atomic mass is 10.0. The summed E-state index contributed by atoms with van der Waals surface area (Å²) in [7, 11) is 0. The van der Waals surface area contributed by atoms with Crippen molar-refractivity contribution in [2.24, 2.45) is 5.92 Å². The number of nitrogens with zero attached hydrogens (tertiary/aromatic N) is 2. The van der Waals surface area contributed by atoms with Crippen molar-refractivity contribution in [3.05, 3.63) is 33.9 Å². The van der Waals surface area contributed by atoms with Crippen molar-refractivity contribution in [3.63, 3.8) is 0 Å². The molecular weight excluding hydrogens is 282 g/mol. The van der Waals surface area contributed by atoms with E-state index < -0.39 is 0 Å². The summed E-state index contributed by atoms with van der Waals surface area (Å²) in [4.78, 5) is 24.4. The van der Waals surface area contributed by atoms with Crippen molar-refractivity contribution in [1.82, 2.24) is 5.32 Å². The first-order valence-corrected chi connectivity index (χ1v) is 7.69. The molecule has 0 spiro atoms. The number of nitrogens with one attached hydrogen (secondary N) is 1. The largest absolute Gasteiger partial charge is 0.371 e. The number of hydrogen-bond acceptors (Lipinski definition) is 4. The van der Waals surface area contributed by atoms with Gasteiger partial charge in [-0.15, -0.1) is 0 Å². The van der Waals surface area contributed by atoms with Gasteiger partial charge in [-0.25, -0.2) is 0 Å². The third kappa shape index (κ3) is 3.75. The van der Waals surface area contributed by atoms with E-state index in [9.17, 15) is 14.9 Å². The summed E-state index contributed by atoms with van der Waals surface area (Å²) in [6.07, 6.45) is 1.79. The molecule has 120 valence electrons. The highest BCUT2D eigenvalue weighted by Crippen LogP contribution is 2.26. The van der Waals surface area contributed by atoms with E-state index in [1.807, 2.05) is 19.9 Å². The molecule has 2 rings (SSSR count). The smallest absolute Gasteiger partial charge is 0.272 e. The van der Waals surface area contributed by atoms with Crippen LogP contribution < -0.4 is 10.2 Å². The van der Waals surface area contributed by atoms with E-state index in [1.54, 1.807) is 19.1 Å². The predicted octanol–water partition coefficient (Wildman–Crippen LogP) is 2.64. The fourth-order valence-corrected chi connectivity index (χ4v) is 2.69. The second-order valence-electron chi connectivity index (χ2n) is 6.15. The zero-order chi connectivity index (χ0) is 16.3. The summed E-state index contributed by atoms with van der Waals surface area (Å²) < 4.78 is 0. The van der Waals surface area contributed by atoms with Gasteiger partial charge < -0.3 is 10.2 Å². The van der Waals surface area contributed by atoms with E-state index >= 15 is 0 Å². The van der Waals surface area contributed by atoms with Crippen molar-refractivity contribution < 1.29 is 9.72 Å². The molecule has 0 bridgehead atoms. The summed E-state index contributed by atoms with van der Waals surface area (Å²) >= 11 is 0. The van der Waals surface area contributed by atoms with Crippen LogP contribution in [0.4, 0.5) is 11.4 Å². The van der Waals surface area contributed by atoms with Crippen molar-refractivity contribution in [1.29, 1.82) is 0 Å². The molecule has 1 aliphatic rings. The average molecular weight is 305 g/mol. The molecule has 0 unspecified atom stereocenters. The summed E-state index contributed by atoms with van der Waals surface area (Å²) in [5, 5.41) is 13.9. The zero-order valence-electron chi connectivity index (χ0n) is 13.3. The van der Waals surface area contributed by atoms with E-state index in [0.717, 1.165) is 31.6 Å². The quantitative estimate of drug-likeness (QED) is 0.685. The first kappa shape index (κ1) is 16.3. The third-order valence-corrected chi connectivity index (χ3v) is 4.11. The molecule has 1 heterocycles. The van der Waals surface area contributed by atoms with Gasteiger partial charge in [-0.3, -0.25) is 14.9 Å². The Balaban J connectivity index is 1.96. The van der Waals surface area contributed by atoms with Crippen molar-refractivity contribution in [2.75, 3.05) is 18.0 Å². The minimum atomic E-state index is -0.354. The number of piperidine rings is 1. The van der Waals surface area contributed by atoms with Gasteiger partial charge in [0.25, 0.3) is 5.69 Å². The van der Waals surface area contributed by atoms with Crippen molar-refractivity contribution >= 4 is 17.3 Å². The Kier molecular flexibility index (Phi) is 5.00. The molecule has 1 aromatic rings. The van der Waals surface area contributed by atoms with Crippen LogP contribution in [-0.4, -0.2) is 30.0 Å². The van der Waals surface area contributed by atoms with E-state index in [-0.39, 0.29) is 28.5 Å². The van der Waals surface area contributed by atoms with Crippen molar-refractivity contribution in [2.45, 2.75) is 39.7 Å². The number of carbonyl (C=O) groups excluding carboxylic acids is 1. The highest BCUT2D eigenvalue weighted by Gasteiger charge is 2.22. The Morgan fingerprint density at radius 1 is 1.36 bits per heavy atom. The zero-order valence-corrected chi connectivity index (χ0v) is 13.3.